The van der Waals surface area contributed by atoms with Crippen molar-refractivity contribution in [3.05, 3.63) is 41.0 Å². The van der Waals surface area contributed by atoms with Crippen molar-refractivity contribution in [2.24, 2.45) is 5.92 Å². The van der Waals surface area contributed by atoms with E-state index in [4.69, 9.17) is 0 Å². The first-order valence-corrected chi connectivity index (χ1v) is 6.77. The first-order chi connectivity index (χ1) is 8.88. The van der Waals surface area contributed by atoms with Crippen LogP contribution in [-0.4, -0.2) is 11.4 Å². The maximum absolute atomic E-state index is 11.8. The van der Waals surface area contributed by atoms with Crippen molar-refractivity contribution in [2.75, 3.05) is 0 Å². The Morgan fingerprint density at radius 2 is 2.05 bits per heavy atom. The van der Waals surface area contributed by atoms with Crippen molar-refractivity contribution in [1.29, 1.82) is 0 Å². The predicted octanol–water partition coefficient (Wildman–Crippen LogP) is 2.68. The number of nitrogens with one attached hydrogen (secondary N) is 2. The van der Waals surface area contributed by atoms with E-state index in [1.807, 2.05) is 26.0 Å². The molecule has 3 nitrogen and oxygen atoms in total. The molecule has 0 atom stereocenters. The Bertz CT molecular complexity index is 515. The average Bonchev–Trinajstić information content (AvgIpc) is 2.56. The van der Waals surface area contributed by atoms with Crippen molar-refractivity contribution in [3.63, 3.8) is 0 Å². The second-order valence-corrected chi connectivity index (χ2v) is 6.11. The Labute approximate surface area is 115 Å². The number of hydrazine groups is 1. The van der Waals surface area contributed by atoms with Crippen LogP contribution in [0, 0.1) is 5.92 Å². The van der Waals surface area contributed by atoms with E-state index >= 15 is 0 Å². The van der Waals surface area contributed by atoms with Gasteiger partial charge in [-0.15, -0.1) is 0 Å². The minimum absolute atomic E-state index is 0.0423. The van der Waals surface area contributed by atoms with E-state index in [9.17, 15) is 4.79 Å². The number of amides is 1. The summed E-state index contributed by atoms with van der Waals surface area (Å²) in [5.41, 5.74) is 8.51. The van der Waals surface area contributed by atoms with E-state index in [2.05, 4.69) is 42.9 Å². The van der Waals surface area contributed by atoms with E-state index < -0.39 is 0 Å². The summed E-state index contributed by atoms with van der Waals surface area (Å²) in [6.45, 7) is 8.41. The van der Waals surface area contributed by atoms with Gasteiger partial charge in [0.1, 0.15) is 0 Å². The van der Waals surface area contributed by atoms with E-state index in [1.165, 1.54) is 5.56 Å². The fourth-order valence-electron chi connectivity index (χ4n) is 2.33. The highest BCUT2D eigenvalue weighted by molar-refractivity contribution is 6.01. The molecule has 1 aliphatic rings. The Balaban J connectivity index is 2.30. The van der Waals surface area contributed by atoms with Crippen LogP contribution in [0.3, 0.4) is 0 Å². The number of hydrogen-bond acceptors (Lipinski definition) is 2. The van der Waals surface area contributed by atoms with Crippen molar-refractivity contribution < 1.29 is 4.79 Å². The zero-order valence-electron chi connectivity index (χ0n) is 12.1. The fourth-order valence-corrected chi connectivity index (χ4v) is 2.33. The van der Waals surface area contributed by atoms with Crippen LogP contribution in [0.2, 0.25) is 0 Å². The van der Waals surface area contributed by atoms with Crippen LogP contribution in [0.1, 0.15) is 38.8 Å². The molecule has 2 N–H and O–H groups in total. The lowest BCUT2D eigenvalue weighted by molar-refractivity contribution is -0.116. The molecule has 3 heteroatoms. The highest BCUT2D eigenvalue weighted by Crippen LogP contribution is 2.23. The minimum Gasteiger partial charge on any atom is -0.287 e. The SMILES string of the molecule is CC(C)Cc1cccc(/C=C2\C(=O)NNC2(C)C)c1. The standard InChI is InChI=1S/C16H22N2O/c1-11(2)8-12-6-5-7-13(9-12)10-14-15(19)17-18-16(14,3)4/h5-7,9-11,18H,8H2,1-4H3,(H,17,19)/b14-10+. The molecule has 0 bridgehead atoms. The van der Waals surface area contributed by atoms with E-state index in [0.29, 0.717) is 5.92 Å². The van der Waals surface area contributed by atoms with E-state index in [1.54, 1.807) is 0 Å². The second-order valence-electron chi connectivity index (χ2n) is 6.11. The van der Waals surface area contributed by atoms with Gasteiger partial charge in [-0.3, -0.25) is 10.2 Å². The smallest absolute Gasteiger partial charge is 0.263 e. The van der Waals surface area contributed by atoms with E-state index in [-0.39, 0.29) is 11.4 Å². The molecule has 1 aliphatic heterocycles. The van der Waals surface area contributed by atoms with Gasteiger partial charge in [-0.1, -0.05) is 38.1 Å². The first kappa shape index (κ1) is 13.8. The molecular weight excluding hydrogens is 236 g/mol. The van der Waals surface area contributed by atoms with E-state index in [0.717, 1.165) is 17.6 Å². The Kier molecular flexibility index (Phi) is 3.76. The Morgan fingerprint density at radius 3 is 2.63 bits per heavy atom. The highest BCUT2D eigenvalue weighted by Gasteiger charge is 2.34. The molecule has 1 fully saturated rings. The van der Waals surface area contributed by atoms with Gasteiger partial charge in [-0.25, -0.2) is 5.43 Å². The molecule has 1 saturated heterocycles. The fraction of sp³-hybridized carbons (Fsp3) is 0.438. The summed E-state index contributed by atoms with van der Waals surface area (Å²) in [6.07, 6.45) is 3.03. The third-order valence-electron chi connectivity index (χ3n) is 3.31. The predicted molar refractivity (Wildman–Crippen MR) is 78.3 cm³/mol. The van der Waals surface area contributed by atoms with Crippen LogP contribution >= 0.6 is 0 Å². The summed E-state index contributed by atoms with van der Waals surface area (Å²) in [4.78, 5) is 11.8. The number of rotatable bonds is 3. The molecule has 1 aromatic carbocycles. The normalized spacial score (nSPS) is 20.1. The molecule has 1 heterocycles. The lowest BCUT2D eigenvalue weighted by atomic mass is 9.93. The molecular formula is C16H22N2O. The van der Waals surface area contributed by atoms with Crippen LogP contribution < -0.4 is 10.9 Å². The topological polar surface area (TPSA) is 41.1 Å². The first-order valence-electron chi connectivity index (χ1n) is 6.77. The molecule has 0 spiro atoms. The van der Waals surface area contributed by atoms with Crippen molar-refractivity contribution in [1.82, 2.24) is 10.9 Å². The molecule has 0 saturated carbocycles. The summed E-state index contributed by atoms with van der Waals surface area (Å²) < 4.78 is 0. The molecule has 0 aliphatic carbocycles. The van der Waals surface area contributed by atoms with Crippen LogP contribution in [0.25, 0.3) is 6.08 Å². The zero-order valence-corrected chi connectivity index (χ0v) is 12.1. The van der Waals surface area contributed by atoms with Crippen LogP contribution in [0.15, 0.2) is 29.8 Å². The summed E-state index contributed by atoms with van der Waals surface area (Å²) in [7, 11) is 0. The average molecular weight is 258 g/mol. The van der Waals surface area contributed by atoms with Gasteiger partial charge in [0.05, 0.1) is 5.54 Å². The molecule has 19 heavy (non-hydrogen) atoms. The lowest BCUT2D eigenvalue weighted by Crippen LogP contribution is -2.38. The summed E-state index contributed by atoms with van der Waals surface area (Å²) in [5.74, 6) is 0.593. The van der Waals surface area contributed by atoms with Gasteiger partial charge in [0.2, 0.25) is 0 Å². The maximum Gasteiger partial charge on any atom is 0.263 e. The van der Waals surface area contributed by atoms with Gasteiger partial charge in [0.25, 0.3) is 5.91 Å². The third-order valence-corrected chi connectivity index (χ3v) is 3.31. The van der Waals surface area contributed by atoms with Crippen LogP contribution in [-0.2, 0) is 11.2 Å². The molecule has 1 aromatic rings. The highest BCUT2D eigenvalue weighted by atomic mass is 16.2. The summed E-state index contributed by atoms with van der Waals surface area (Å²) in [6, 6.07) is 8.39. The summed E-state index contributed by atoms with van der Waals surface area (Å²) >= 11 is 0. The van der Waals surface area contributed by atoms with Crippen LogP contribution in [0.5, 0.6) is 0 Å². The van der Waals surface area contributed by atoms with Gasteiger partial charge in [0.15, 0.2) is 0 Å². The quantitative estimate of drug-likeness (QED) is 0.818. The molecule has 1 amide bonds. The molecule has 0 unspecified atom stereocenters. The number of hydrogen-bond donors (Lipinski definition) is 2. The lowest BCUT2D eigenvalue weighted by Gasteiger charge is -2.17. The van der Waals surface area contributed by atoms with Gasteiger partial charge < -0.3 is 0 Å². The minimum atomic E-state index is -0.328. The van der Waals surface area contributed by atoms with Crippen molar-refractivity contribution in [3.8, 4) is 0 Å². The molecule has 0 aromatic heterocycles. The Morgan fingerprint density at radius 1 is 1.32 bits per heavy atom. The van der Waals surface area contributed by atoms with Gasteiger partial charge in [-0.05, 0) is 43.4 Å². The zero-order chi connectivity index (χ0) is 14.0. The van der Waals surface area contributed by atoms with Crippen LogP contribution in [0.4, 0.5) is 0 Å². The monoisotopic (exact) mass is 258 g/mol. The largest absolute Gasteiger partial charge is 0.287 e. The van der Waals surface area contributed by atoms with Crippen molar-refractivity contribution >= 4 is 12.0 Å². The van der Waals surface area contributed by atoms with Gasteiger partial charge in [-0.2, -0.15) is 0 Å². The molecule has 2 rings (SSSR count). The Hall–Kier alpha value is -1.61. The number of carbonyl (C=O) groups excluding carboxylic acids is 1. The third kappa shape index (κ3) is 3.24. The molecule has 0 radical (unpaired) electrons. The molecule has 102 valence electrons. The number of benzene rings is 1. The number of carbonyl (C=O) groups is 1. The summed E-state index contributed by atoms with van der Waals surface area (Å²) in [5, 5.41) is 0. The maximum atomic E-state index is 11.8. The van der Waals surface area contributed by atoms with Gasteiger partial charge in [0, 0.05) is 5.57 Å². The van der Waals surface area contributed by atoms with Gasteiger partial charge >= 0.3 is 0 Å². The van der Waals surface area contributed by atoms with Crippen molar-refractivity contribution in [2.45, 2.75) is 39.7 Å². The second kappa shape index (κ2) is 5.17.